The van der Waals surface area contributed by atoms with Crippen LogP contribution in [0.1, 0.15) is 45.7 Å². The van der Waals surface area contributed by atoms with Crippen molar-refractivity contribution in [3.63, 3.8) is 0 Å². The minimum absolute atomic E-state index is 0. The summed E-state index contributed by atoms with van der Waals surface area (Å²) in [7, 11) is -3.80. The van der Waals surface area contributed by atoms with Gasteiger partial charge in [0.2, 0.25) is 21.8 Å². The standard InChI is InChI=1S/C28H38N4O5S.ClH/c1-6-32(17-22-24(21-15-11-8-12-16-21)38(35,36)31-28(22,4)5)25(33)23(30-26(34)27(2,3)29)19-37-18-20-13-9-7-10-14-20;/h7-16,23,31H,6,17-19,29H2,1-5H3,(H,30,34);1H/t23-;/m1./s1. The summed E-state index contributed by atoms with van der Waals surface area (Å²) >= 11 is 0. The molecular formula is C28H39ClN4O5S. The van der Waals surface area contributed by atoms with Gasteiger partial charge in [-0.15, -0.1) is 12.4 Å². The van der Waals surface area contributed by atoms with Crippen LogP contribution in [0.5, 0.6) is 0 Å². The Morgan fingerprint density at radius 2 is 1.64 bits per heavy atom. The second-order valence-electron chi connectivity index (χ2n) is 10.5. The van der Waals surface area contributed by atoms with Crippen molar-refractivity contribution < 1.29 is 22.7 Å². The predicted molar refractivity (Wildman–Crippen MR) is 155 cm³/mol. The molecule has 1 atom stereocenters. The highest BCUT2D eigenvalue weighted by molar-refractivity contribution is 7.99. The van der Waals surface area contributed by atoms with E-state index in [0.29, 0.717) is 11.1 Å². The first-order chi connectivity index (χ1) is 17.8. The summed E-state index contributed by atoms with van der Waals surface area (Å²) in [6.45, 7) is 8.99. The van der Waals surface area contributed by atoms with Gasteiger partial charge in [0.05, 0.1) is 29.2 Å². The molecule has 214 valence electrons. The van der Waals surface area contributed by atoms with Gasteiger partial charge < -0.3 is 20.7 Å². The molecule has 1 aliphatic heterocycles. The van der Waals surface area contributed by atoms with Crippen LogP contribution >= 0.6 is 12.4 Å². The highest BCUT2D eigenvalue weighted by Crippen LogP contribution is 2.38. The van der Waals surface area contributed by atoms with Gasteiger partial charge in [0.25, 0.3) is 0 Å². The van der Waals surface area contributed by atoms with Gasteiger partial charge in [0.1, 0.15) is 6.04 Å². The summed E-state index contributed by atoms with van der Waals surface area (Å²) in [5.74, 6) is -0.886. The first kappa shape index (κ1) is 32.5. The number of nitrogens with two attached hydrogens (primary N) is 1. The van der Waals surface area contributed by atoms with Gasteiger partial charge in [-0.25, -0.2) is 13.1 Å². The number of ether oxygens (including phenoxy) is 1. The molecule has 1 aliphatic rings. The lowest BCUT2D eigenvalue weighted by Crippen LogP contribution is -2.58. The molecule has 0 spiro atoms. The molecule has 0 saturated heterocycles. The first-order valence-corrected chi connectivity index (χ1v) is 14.1. The molecule has 4 N–H and O–H groups in total. The Morgan fingerprint density at radius 1 is 1.08 bits per heavy atom. The van der Waals surface area contributed by atoms with Crippen LogP contribution in [0.15, 0.2) is 66.2 Å². The minimum Gasteiger partial charge on any atom is -0.374 e. The third-order valence-corrected chi connectivity index (χ3v) is 8.15. The Hall–Kier alpha value is -2.76. The molecule has 3 rings (SSSR count). The number of nitrogens with one attached hydrogen (secondary N) is 2. The number of rotatable bonds is 11. The van der Waals surface area contributed by atoms with Crippen LogP contribution in [0.2, 0.25) is 0 Å². The quantitative estimate of drug-likeness (QED) is 0.376. The van der Waals surface area contributed by atoms with Crippen LogP contribution in [0.4, 0.5) is 0 Å². The number of halogens is 1. The maximum Gasteiger partial charge on any atom is 0.247 e. The van der Waals surface area contributed by atoms with Gasteiger partial charge in [0.15, 0.2) is 0 Å². The third kappa shape index (κ3) is 8.12. The second kappa shape index (κ2) is 13.1. The number of amides is 2. The lowest BCUT2D eigenvalue weighted by molar-refractivity contribution is -0.139. The lowest BCUT2D eigenvalue weighted by atomic mass is 9.92. The minimum atomic E-state index is -3.80. The number of likely N-dealkylation sites (N-methyl/N-ethyl adjacent to an activating group) is 1. The van der Waals surface area contributed by atoms with Crippen LogP contribution < -0.4 is 15.8 Å². The number of benzene rings is 2. The number of sulfonamides is 1. The number of hydrogen-bond acceptors (Lipinski definition) is 6. The van der Waals surface area contributed by atoms with Crippen molar-refractivity contribution in [1.29, 1.82) is 0 Å². The SMILES string of the molecule is CCN(CC1=C(c2ccccc2)S(=O)(=O)NC1(C)C)C(=O)[C@@H](COCc1ccccc1)NC(=O)C(C)(C)N.Cl. The smallest absolute Gasteiger partial charge is 0.247 e. The maximum absolute atomic E-state index is 13.8. The van der Waals surface area contributed by atoms with E-state index in [-0.39, 0.29) is 43.6 Å². The van der Waals surface area contributed by atoms with Crippen molar-refractivity contribution in [3.05, 3.63) is 77.4 Å². The second-order valence-corrected chi connectivity index (χ2v) is 12.1. The number of carbonyl (C=O) groups excluding carboxylic acids is 2. The predicted octanol–water partition coefficient (Wildman–Crippen LogP) is 2.82. The Labute approximate surface area is 237 Å². The normalized spacial score (nSPS) is 16.8. The fourth-order valence-electron chi connectivity index (χ4n) is 4.23. The van der Waals surface area contributed by atoms with E-state index in [2.05, 4.69) is 10.0 Å². The van der Waals surface area contributed by atoms with Crippen molar-refractivity contribution in [2.45, 2.75) is 58.3 Å². The van der Waals surface area contributed by atoms with E-state index in [9.17, 15) is 18.0 Å². The van der Waals surface area contributed by atoms with Crippen molar-refractivity contribution >= 4 is 39.1 Å². The zero-order valence-corrected chi connectivity index (χ0v) is 24.7. The molecule has 1 heterocycles. The average Bonchev–Trinajstić information content (AvgIpc) is 3.04. The Balaban J connectivity index is 0.00000533. The molecule has 0 fully saturated rings. The Bertz CT molecular complexity index is 1280. The Kier molecular flexibility index (Phi) is 10.9. The molecule has 9 nitrogen and oxygen atoms in total. The maximum atomic E-state index is 13.8. The summed E-state index contributed by atoms with van der Waals surface area (Å²) < 4.78 is 34.8. The third-order valence-electron chi connectivity index (χ3n) is 6.35. The molecule has 2 amide bonds. The van der Waals surface area contributed by atoms with Gasteiger partial charge in [-0.1, -0.05) is 60.7 Å². The molecular weight excluding hydrogens is 540 g/mol. The van der Waals surface area contributed by atoms with Gasteiger partial charge in [-0.2, -0.15) is 0 Å². The highest BCUT2D eigenvalue weighted by atomic mass is 35.5. The average molecular weight is 579 g/mol. The van der Waals surface area contributed by atoms with E-state index in [4.69, 9.17) is 10.5 Å². The zero-order chi connectivity index (χ0) is 28.1. The van der Waals surface area contributed by atoms with Crippen LogP contribution in [-0.2, 0) is 31.0 Å². The molecule has 0 radical (unpaired) electrons. The van der Waals surface area contributed by atoms with Gasteiger partial charge in [-0.05, 0) is 51.3 Å². The van der Waals surface area contributed by atoms with Crippen LogP contribution in [0.25, 0.3) is 4.91 Å². The molecule has 0 aliphatic carbocycles. The van der Waals surface area contributed by atoms with E-state index >= 15 is 0 Å². The summed E-state index contributed by atoms with van der Waals surface area (Å²) in [6.07, 6.45) is 0. The zero-order valence-electron chi connectivity index (χ0n) is 23.1. The molecule has 2 aromatic rings. The van der Waals surface area contributed by atoms with Crippen LogP contribution in [0.3, 0.4) is 0 Å². The summed E-state index contributed by atoms with van der Waals surface area (Å²) in [5, 5.41) is 2.73. The molecule has 0 aromatic heterocycles. The fraction of sp³-hybridized carbons (Fsp3) is 0.429. The van der Waals surface area contributed by atoms with Gasteiger partial charge in [0, 0.05) is 13.1 Å². The lowest BCUT2D eigenvalue weighted by Gasteiger charge is -2.32. The van der Waals surface area contributed by atoms with Crippen molar-refractivity contribution in [1.82, 2.24) is 14.9 Å². The number of carbonyl (C=O) groups is 2. The molecule has 11 heteroatoms. The monoisotopic (exact) mass is 578 g/mol. The number of hydrogen-bond donors (Lipinski definition) is 3. The van der Waals surface area contributed by atoms with Gasteiger partial charge in [-0.3, -0.25) is 9.59 Å². The van der Waals surface area contributed by atoms with Crippen molar-refractivity contribution in [3.8, 4) is 0 Å². The number of nitrogens with zero attached hydrogens (tertiary/aromatic N) is 1. The highest BCUT2D eigenvalue weighted by Gasteiger charge is 2.44. The van der Waals surface area contributed by atoms with Crippen molar-refractivity contribution in [2.75, 3.05) is 19.7 Å². The summed E-state index contributed by atoms with van der Waals surface area (Å²) in [4.78, 5) is 28.2. The van der Waals surface area contributed by atoms with E-state index in [1.54, 1.807) is 58.9 Å². The molecule has 39 heavy (non-hydrogen) atoms. The van der Waals surface area contributed by atoms with E-state index in [1.807, 2.05) is 36.4 Å². The molecule has 0 bridgehead atoms. The Morgan fingerprint density at radius 3 is 2.18 bits per heavy atom. The van der Waals surface area contributed by atoms with Crippen molar-refractivity contribution in [2.24, 2.45) is 5.73 Å². The summed E-state index contributed by atoms with van der Waals surface area (Å²) in [5.41, 5.74) is 5.89. The molecule has 2 aromatic carbocycles. The molecule has 0 unspecified atom stereocenters. The first-order valence-electron chi connectivity index (χ1n) is 12.6. The van der Waals surface area contributed by atoms with Crippen LogP contribution in [-0.4, -0.2) is 61.9 Å². The van der Waals surface area contributed by atoms with E-state index in [1.165, 1.54) is 4.90 Å². The van der Waals surface area contributed by atoms with Crippen LogP contribution in [0, 0.1) is 0 Å². The molecule has 0 saturated carbocycles. The van der Waals surface area contributed by atoms with E-state index in [0.717, 1.165) is 5.56 Å². The van der Waals surface area contributed by atoms with Gasteiger partial charge >= 0.3 is 0 Å². The topological polar surface area (TPSA) is 131 Å². The fourth-order valence-corrected chi connectivity index (χ4v) is 6.22. The summed E-state index contributed by atoms with van der Waals surface area (Å²) in [6, 6.07) is 17.3. The van der Waals surface area contributed by atoms with E-state index < -0.39 is 39.0 Å². The largest absolute Gasteiger partial charge is 0.374 e.